The van der Waals surface area contributed by atoms with Crippen LogP contribution in [0.3, 0.4) is 0 Å². The predicted octanol–water partition coefficient (Wildman–Crippen LogP) is -8.75. The van der Waals surface area contributed by atoms with Crippen LogP contribution in [0.25, 0.3) is 0 Å². The Balaban J connectivity index is -0.0000000293. The molecule has 0 aliphatic heterocycles. The minimum absolute atomic E-state index is 0. The molecule has 0 radical (unpaired) electrons. The van der Waals surface area contributed by atoms with Gasteiger partial charge >= 0.3 is 87.6 Å². The molecule has 15 heteroatoms. The van der Waals surface area contributed by atoms with Gasteiger partial charge in [-0.3, -0.25) is 14.6 Å². The van der Waals surface area contributed by atoms with Gasteiger partial charge in [-0.2, -0.15) is 0 Å². The Kier molecular flexibility index (Phi) is 72.5. The van der Waals surface area contributed by atoms with Gasteiger partial charge in [0.1, 0.15) is 0 Å². The van der Waals surface area contributed by atoms with Crippen LogP contribution in [0.1, 0.15) is 0 Å². The molecular formula is B2MgO10U2. The molecule has 15 heavy (non-hydrogen) atoms. The van der Waals surface area contributed by atoms with Crippen LogP contribution in [0.15, 0.2) is 0 Å². The van der Waals surface area contributed by atoms with Gasteiger partial charge in [0.15, 0.2) is 0 Å². The maximum absolute atomic E-state index is 8.58. The third kappa shape index (κ3) is 810. The molecule has 0 N–H and O–H groups in total. The van der Waals surface area contributed by atoms with Gasteiger partial charge in [0.25, 0.3) is 0 Å². The fourth-order valence-electron chi connectivity index (χ4n) is 0. The van der Waals surface area contributed by atoms with E-state index in [2.05, 4.69) is 0 Å². The molecule has 0 amide bonds. The van der Waals surface area contributed by atoms with E-state index in [9.17, 15) is 0 Å². The van der Waals surface area contributed by atoms with Crippen molar-refractivity contribution in [3.05, 3.63) is 0 Å². The van der Waals surface area contributed by atoms with E-state index in [1.165, 1.54) is 0 Å². The summed E-state index contributed by atoms with van der Waals surface area (Å²) in [4.78, 5) is 0. The summed E-state index contributed by atoms with van der Waals surface area (Å²) in [6, 6.07) is 0. The first-order valence-electron chi connectivity index (χ1n) is 2.23. The summed E-state index contributed by atoms with van der Waals surface area (Å²) in [7, 11) is -5.83. The summed E-state index contributed by atoms with van der Waals surface area (Å²) >= 11 is -5.01. The van der Waals surface area contributed by atoms with Gasteiger partial charge in [-0.25, -0.2) is 0 Å². The van der Waals surface area contributed by atoms with Crippen LogP contribution in [0.5, 0.6) is 0 Å². The van der Waals surface area contributed by atoms with Gasteiger partial charge < -0.3 is 30.1 Å². The molecule has 0 saturated carbocycles. The fraction of sp³-hybridized carbons (Fsp3) is 0. The predicted molar refractivity (Wildman–Crippen MR) is 20.0 cm³/mol. The zero-order valence-electron chi connectivity index (χ0n) is 6.94. The molecule has 0 rings (SSSR count). The molecule has 0 aliphatic carbocycles. The zero-order chi connectivity index (χ0) is 12.6. The van der Waals surface area contributed by atoms with Crippen LogP contribution in [0, 0.1) is 55.6 Å². The molecule has 0 unspecified atom stereocenters. The summed E-state index contributed by atoms with van der Waals surface area (Å²) in [5.41, 5.74) is 0. The number of hydrogen-bond acceptors (Lipinski definition) is 10. The Hall–Kier alpha value is 1.96. The van der Waals surface area contributed by atoms with Crippen molar-refractivity contribution >= 4 is 37.7 Å². The summed E-state index contributed by atoms with van der Waals surface area (Å²) in [6.45, 7) is 0. The quantitative estimate of drug-likeness (QED) is 0.221. The van der Waals surface area contributed by atoms with Crippen molar-refractivity contribution in [1.29, 1.82) is 0 Å². The van der Waals surface area contributed by atoms with Crippen LogP contribution in [0.2, 0.25) is 0 Å². The Morgan fingerprint density at radius 1 is 0.600 bits per heavy atom. The van der Waals surface area contributed by atoms with Crippen molar-refractivity contribution in [2.45, 2.75) is 0 Å². The van der Waals surface area contributed by atoms with E-state index in [1.807, 2.05) is 0 Å². The van der Waals surface area contributed by atoms with Crippen molar-refractivity contribution in [2.24, 2.45) is 0 Å². The Labute approximate surface area is 130 Å². The van der Waals surface area contributed by atoms with Crippen molar-refractivity contribution in [3.63, 3.8) is 0 Å². The average Bonchev–Trinajstić information content (AvgIpc) is 1.85. The molecule has 0 fully saturated rings. The van der Waals surface area contributed by atoms with Crippen LogP contribution < -0.4 is 30.1 Å². The molecule has 0 saturated heterocycles. The van der Waals surface area contributed by atoms with Gasteiger partial charge in [-0.15, -0.1) is 0 Å². The first-order chi connectivity index (χ1) is 6.29. The van der Waals surface area contributed by atoms with Crippen LogP contribution in [0.4, 0.5) is 0 Å². The van der Waals surface area contributed by atoms with E-state index in [1.54, 1.807) is 0 Å². The second-order valence-corrected chi connectivity index (χ2v) is 2.13. The second kappa shape index (κ2) is 36.0. The van der Waals surface area contributed by atoms with E-state index in [0.29, 0.717) is 0 Å². The Bertz CT molecular complexity index is 124. The van der Waals surface area contributed by atoms with Crippen molar-refractivity contribution in [1.82, 2.24) is 0 Å². The molecule has 0 aromatic heterocycles. The van der Waals surface area contributed by atoms with Gasteiger partial charge in [0.05, 0.1) is 0 Å². The summed E-state index contributed by atoms with van der Waals surface area (Å²) in [6.07, 6.45) is 0. The molecular weight excluding hydrogens is 682 g/mol. The van der Waals surface area contributed by atoms with Gasteiger partial charge in [0.2, 0.25) is 0 Å². The van der Waals surface area contributed by atoms with E-state index in [0.717, 1.165) is 0 Å². The molecule has 0 bridgehead atoms. The summed E-state index contributed by atoms with van der Waals surface area (Å²) < 4.78 is 34.3. The van der Waals surface area contributed by atoms with E-state index >= 15 is 0 Å². The molecule has 0 heterocycles. The number of rotatable bonds is 0. The van der Waals surface area contributed by atoms with Crippen molar-refractivity contribution in [2.75, 3.05) is 0 Å². The van der Waals surface area contributed by atoms with Crippen molar-refractivity contribution in [3.8, 4) is 0 Å². The van der Waals surface area contributed by atoms with Gasteiger partial charge in [-0.1, -0.05) is 0 Å². The van der Waals surface area contributed by atoms with Crippen LogP contribution in [-0.4, -0.2) is 37.7 Å². The first-order valence-corrected chi connectivity index (χ1v) is 9.03. The molecule has 76 valence electrons. The zero-order valence-corrected chi connectivity index (χ0v) is 16.7. The third-order valence-corrected chi connectivity index (χ3v) is 0. The minimum atomic E-state index is -2.92. The third-order valence-electron chi connectivity index (χ3n) is 0. The summed E-state index contributed by atoms with van der Waals surface area (Å²) in [5.74, 6) is 0. The molecule has 10 nitrogen and oxygen atoms in total. The first kappa shape index (κ1) is 30.2. The molecule has 0 atom stereocenters. The van der Waals surface area contributed by atoms with E-state index in [4.69, 9.17) is 39.1 Å². The topological polar surface area (TPSA) is 207 Å². The Morgan fingerprint density at radius 3 is 0.600 bits per heavy atom. The molecule has 0 aromatic rings. The summed E-state index contributed by atoms with van der Waals surface area (Å²) in [5, 5.41) is 50.5. The second-order valence-electron chi connectivity index (χ2n) is 0.744. The van der Waals surface area contributed by atoms with Crippen LogP contribution >= 0.6 is 0 Å². The maximum atomic E-state index is 8.58. The molecule has 0 aliphatic rings. The van der Waals surface area contributed by atoms with Gasteiger partial charge in [-0.05, 0) is 0 Å². The van der Waals surface area contributed by atoms with Gasteiger partial charge in [0, 0.05) is 0 Å². The van der Waals surface area contributed by atoms with E-state index < -0.39 is 70.3 Å². The van der Waals surface area contributed by atoms with Crippen LogP contribution in [-0.2, 0) is 8.94 Å². The van der Waals surface area contributed by atoms with Crippen molar-refractivity contribution < 1.29 is 94.7 Å². The molecule has 0 aromatic carbocycles. The average molecular weight is 682 g/mol. The molecule has 0 spiro atoms. The fourth-order valence-corrected chi connectivity index (χ4v) is 0. The monoisotopic (exact) mass is 682 g/mol. The number of hydrogen-bond donors (Lipinski definition) is 0. The Morgan fingerprint density at radius 2 is 0.600 bits per heavy atom. The standard InChI is InChI=1S/2BO3.Mg.4O.2U/c2*2-1(3)4;;;;;;;/q2*-3;+2;;;;;2*+2. The van der Waals surface area contributed by atoms with E-state index in [-0.39, 0.29) is 23.1 Å². The SMILES string of the molecule is [Mg+2].[O-]B([O-])[O-].[O-]B([O-])[O-].[O]=[U+2]=[O].[O]=[U+2]=[O]. The normalized spacial score (nSPS) is 4.67.